The molecule has 1 heterocycles. The standard InChI is InChI=1S/C28H38N4O4S/c1-18(2)30-27(36)31-22(15-20-12-7-6-8-13-20)23(33)26(35)32-17-37-28(4,5)24(32)25(34)29-16-21-14-10-9-11-19(21)3/h6-14,18,22-24,33H,15-17H2,1-5H3,(H,29,34)(H2,30,31,36)/t22-,23-,24+/m0/s1. The van der Waals surface area contributed by atoms with E-state index in [0.29, 0.717) is 6.54 Å². The van der Waals surface area contributed by atoms with Gasteiger partial charge in [0.25, 0.3) is 5.91 Å². The smallest absolute Gasteiger partial charge is 0.315 e. The van der Waals surface area contributed by atoms with E-state index in [1.807, 2.05) is 89.2 Å². The van der Waals surface area contributed by atoms with E-state index in [9.17, 15) is 19.5 Å². The van der Waals surface area contributed by atoms with E-state index in [1.54, 1.807) is 0 Å². The Labute approximate surface area is 223 Å². The maximum absolute atomic E-state index is 13.6. The van der Waals surface area contributed by atoms with Gasteiger partial charge in [-0.05, 0) is 57.7 Å². The zero-order valence-electron chi connectivity index (χ0n) is 22.2. The molecule has 0 aromatic heterocycles. The molecule has 0 spiro atoms. The Hall–Kier alpha value is -3.04. The van der Waals surface area contributed by atoms with Crippen molar-refractivity contribution in [3.63, 3.8) is 0 Å². The lowest BCUT2D eigenvalue weighted by molar-refractivity contribution is -0.147. The number of urea groups is 1. The zero-order valence-corrected chi connectivity index (χ0v) is 23.0. The molecule has 0 aliphatic carbocycles. The summed E-state index contributed by atoms with van der Waals surface area (Å²) < 4.78 is -0.553. The third-order valence-corrected chi connectivity index (χ3v) is 7.83. The average Bonchev–Trinajstić information content (AvgIpc) is 3.17. The highest BCUT2D eigenvalue weighted by Gasteiger charge is 2.49. The van der Waals surface area contributed by atoms with E-state index in [1.165, 1.54) is 16.7 Å². The van der Waals surface area contributed by atoms with Crippen molar-refractivity contribution in [2.75, 3.05) is 5.88 Å². The Morgan fingerprint density at radius 2 is 1.70 bits per heavy atom. The zero-order chi connectivity index (χ0) is 27.2. The van der Waals surface area contributed by atoms with Crippen LogP contribution in [-0.4, -0.2) is 62.7 Å². The summed E-state index contributed by atoms with van der Waals surface area (Å²) >= 11 is 1.49. The summed E-state index contributed by atoms with van der Waals surface area (Å²) in [4.78, 5) is 40.9. The Kier molecular flexibility index (Phi) is 9.62. The number of carbonyl (C=O) groups is 3. The van der Waals surface area contributed by atoms with Crippen LogP contribution in [0.2, 0.25) is 0 Å². The van der Waals surface area contributed by atoms with Crippen molar-refractivity contribution in [3.05, 3.63) is 71.3 Å². The van der Waals surface area contributed by atoms with Gasteiger partial charge < -0.3 is 26.0 Å². The van der Waals surface area contributed by atoms with Crippen LogP contribution in [0.25, 0.3) is 0 Å². The van der Waals surface area contributed by atoms with Crippen LogP contribution < -0.4 is 16.0 Å². The number of aliphatic hydroxyl groups excluding tert-OH is 1. The molecule has 0 radical (unpaired) electrons. The topological polar surface area (TPSA) is 111 Å². The van der Waals surface area contributed by atoms with Crippen molar-refractivity contribution < 1.29 is 19.5 Å². The van der Waals surface area contributed by atoms with E-state index in [2.05, 4.69) is 16.0 Å². The average molecular weight is 527 g/mol. The van der Waals surface area contributed by atoms with Crippen LogP contribution in [0.15, 0.2) is 54.6 Å². The van der Waals surface area contributed by atoms with Crippen molar-refractivity contribution in [2.24, 2.45) is 0 Å². The van der Waals surface area contributed by atoms with Gasteiger partial charge in [-0.1, -0.05) is 54.6 Å². The normalized spacial score (nSPS) is 18.2. The predicted octanol–water partition coefficient (Wildman–Crippen LogP) is 2.97. The molecule has 0 saturated carbocycles. The fourth-order valence-electron chi connectivity index (χ4n) is 4.42. The van der Waals surface area contributed by atoms with Gasteiger partial charge in [-0.25, -0.2) is 4.79 Å². The molecule has 2 aromatic carbocycles. The number of thioether (sulfide) groups is 1. The van der Waals surface area contributed by atoms with Crippen LogP contribution in [0.3, 0.4) is 0 Å². The number of rotatable bonds is 9. The van der Waals surface area contributed by atoms with Crippen LogP contribution in [0, 0.1) is 6.92 Å². The molecule has 0 bridgehead atoms. The molecule has 2 aromatic rings. The first-order chi connectivity index (χ1) is 17.5. The van der Waals surface area contributed by atoms with Crippen LogP contribution in [0.5, 0.6) is 0 Å². The second-order valence-electron chi connectivity index (χ2n) is 10.2. The first-order valence-corrected chi connectivity index (χ1v) is 13.5. The quantitative estimate of drug-likeness (QED) is 0.402. The first-order valence-electron chi connectivity index (χ1n) is 12.5. The van der Waals surface area contributed by atoms with Gasteiger partial charge in [0, 0.05) is 17.3 Å². The monoisotopic (exact) mass is 526 g/mol. The van der Waals surface area contributed by atoms with Crippen molar-refractivity contribution in [3.8, 4) is 0 Å². The van der Waals surface area contributed by atoms with Gasteiger partial charge in [0.2, 0.25) is 5.91 Å². The second-order valence-corrected chi connectivity index (χ2v) is 11.8. The van der Waals surface area contributed by atoms with Gasteiger partial charge in [0.1, 0.15) is 6.04 Å². The van der Waals surface area contributed by atoms with Crippen LogP contribution in [0.4, 0.5) is 4.79 Å². The molecule has 1 aliphatic rings. The number of hydrogen-bond acceptors (Lipinski definition) is 5. The van der Waals surface area contributed by atoms with E-state index in [-0.39, 0.29) is 24.2 Å². The number of hydrogen-bond donors (Lipinski definition) is 4. The molecule has 3 rings (SSSR count). The fourth-order valence-corrected chi connectivity index (χ4v) is 5.56. The van der Waals surface area contributed by atoms with E-state index < -0.39 is 34.9 Å². The largest absolute Gasteiger partial charge is 0.381 e. The van der Waals surface area contributed by atoms with Crippen molar-refractivity contribution in [1.29, 1.82) is 0 Å². The van der Waals surface area contributed by atoms with Gasteiger partial charge in [0.05, 0.1) is 11.9 Å². The number of aryl methyl sites for hydroxylation is 1. The molecule has 1 saturated heterocycles. The summed E-state index contributed by atoms with van der Waals surface area (Å²) in [7, 11) is 0. The number of nitrogens with zero attached hydrogens (tertiary/aromatic N) is 1. The summed E-state index contributed by atoms with van der Waals surface area (Å²) in [6, 6.07) is 14.9. The maximum atomic E-state index is 13.6. The summed E-state index contributed by atoms with van der Waals surface area (Å²) in [5, 5.41) is 19.7. The third-order valence-electron chi connectivity index (χ3n) is 6.46. The lowest BCUT2D eigenvalue weighted by Gasteiger charge is -2.33. The van der Waals surface area contributed by atoms with E-state index in [4.69, 9.17) is 0 Å². The molecule has 37 heavy (non-hydrogen) atoms. The number of amides is 4. The number of aliphatic hydroxyl groups is 1. The molecule has 200 valence electrons. The van der Waals surface area contributed by atoms with Crippen LogP contribution in [0.1, 0.15) is 44.4 Å². The fraction of sp³-hybridized carbons (Fsp3) is 0.464. The van der Waals surface area contributed by atoms with Gasteiger partial charge in [0.15, 0.2) is 6.10 Å². The molecule has 4 amide bonds. The van der Waals surface area contributed by atoms with Crippen molar-refractivity contribution in [1.82, 2.24) is 20.9 Å². The summed E-state index contributed by atoms with van der Waals surface area (Å²) in [5.74, 6) is -0.592. The minimum atomic E-state index is -1.53. The Bertz CT molecular complexity index is 1090. The molecular formula is C28H38N4O4S. The number of nitrogens with one attached hydrogen (secondary N) is 3. The van der Waals surface area contributed by atoms with Gasteiger partial charge in [-0.2, -0.15) is 0 Å². The molecule has 8 nitrogen and oxygen atoms in total. The van der Waals surface area contributed by atoms with Gasteiger partial charge >= 0.3 is 6.03 Å². The lowest BCUT2D eigenvalue weighted by Crippen LogP contribution is -2.59. The van der Waals surface area contributed by atoms with Crippen molar-refractivity contribution >= 4 is 29.6 Å². The number of benzene rings is 2. The van der Waals surface area contributed by atoms with Crippen molar-refractivity contribution in [2.45, 2.75) is 76.6 Å². The minimum Gasteiger partial charge on any atom is -0.381 e. The SMILES string of the molecule is Cc1ccccc1CNC(=O)[C@H]1N(C(=O)[C@@H](O)[C@H](Cc2ccccc2)NC(=O)NC(C)C)CSC1(C)C. The molecule has 9 heteroatoms. The van der Waals surface area contributed by atoms with E-state index in [0.717, 1.165) is 16.7 Å². The highest BCUT2D eigenvalue weighted by Crippen LogP contribution is 2.40. The second kappa shape index (κ2) is 12.5. The molecular weight excluding hydrogens is 488 g/mol. The molecule has 4 N–H and O–H groups in total. The molecule has 1 aliphatic heterocycles. The minimum absolute atomic E-state index is 0.109. The van der Waals surface area contributed by atoms with Gasteiger partial charge in [-0.3, -0.25) is 9.59 Å². The molecule has 3 atom stereocenters. The summed E-state index contributed by atoms with van der Waals surface area (Å²) in [5.41, 5.74) is 2.94. The van der Waals surface area contributed by atoms with Crippen LogP contribution >= 0.6 is 11.8 Å². The third kappa shape index (κ3) is 7.49. The Morgan fingerprint density at radius 3 is 2.35 bits per heavy atom. The molecule has 1 fully saturated rings. The Balaban J connectivity index is 1.78. The summed E-state index contributed by atoms with van der Waals surface area (Å²) in [6.07, 6.45) is -1.27. The van der Waals surface area contributed by atoms with E-state index >= 15 is 0 Å². The van der Waals surface area contributed by atoms with Gasteiger partial charge in [-0.15, -0.1) is 11.8 Å². The number of carbonyl (C=O) groups excluding carboxylic acids is 3. The highest BCUT2D eigenvalue weighted by atomic mass is 32.2. The summed E-state index contributed by atoms with van der Waals surface area (Å²) in [6.45, 7) is 9.84. The predicted molar refractivity (Wildman–Crippen MR) is 147 cm³/mol. The lowest BCUT2D eigenvalue weighted by atomic mass is 9.97. The Morgan fingerprint density at radius 1 is 1.05 bits per heavy atom. The molecule has 0 unspecified atom stereocenters. The van der Waals surface area contributed by atoms with Crippen LogP contribution in [-0.2, 0) is 22.6 Å². The maximum Gasteiger partial charge on any atom is 0.315 e. The first kappa shape index (κ1) is 28.5. The highest BCUT2D eigenvalue weighted by molar-refractivity contribution is 8.00.